The van der Waals surface area contributed by atoms with Crippen LogP contribution < -0.4 is 0 Å². The summed E-state index contributed by atoms with van der Waals surface area (Å²) in [4.78, 5) is 4.71. The van der Waals surface area contributed by atoms with Gasteiger partial charge in [0.05, 0.1) is 33.2 Å². The van der Waals surface area contributed by atoms with Crippen molar-refractivity contribution in [1.29, 1.82) is 0 Å². The minimum atomic E-state index is -3.50. The number of aryl methyl sites for hydroxylation is 1. The zero-order chi connectivity index (χ0) is 20.6. The average Bonchev–Trinajstić information content (AvgIpc) is 3.06. The number of nitrogens with zero attached hydrogens (tertiary/aromatic N) is 3. The summed E-state index contributed by atoms with van der Waals surface area (Å²) < 4.78 is 27.9. The van der Waals surface area contributed by atoms with Gasteiger partial charge in [-0.1, -0.05) is 32.0 Å². The third kappa shape index (κ3) is 3.80. The molecule has 0 saturated heterocycles. The van der Waals surface area contributed by atoms with Crippen LogP contribution in [0.4, 0.5) is 0 Å². The number of rotatable bonds is 5. The largest absolute Gasteiger partial charge is 0.256 e. The summed E-state index contributed by atoms with van der Waals surface area (Å²) in [5.41, 5.74) is 4.19. The first-order valence-electron chi connectivity index (χ1n) is 9.57. The Labute approximate surface area is 171 Å². The molecule has 148 valence electrons. The van der Waals surface area contributed by atoms with Crippen molar-refractivity contribution in [3.63, 3.8) is 0 Å². The van der Waals surface area contributed by atoms with Crippen LogP contribution in [-0.4, -0.2) is 23.2 Å². The van der Waals surface area contributed by atoms with Crippen molar-refractivity contribution in [3.05, 3.63) is 83.8 Å². The van der Waals surface area contributed by atoms with Crippen molar-refractivity contribution in [1.82, 2.24) is 14.8 Å². The Morgan fingerprint density at radius 2 is 1.76 bits per heavy atom. The highest BCUT2D eigenvalue weighted by Gasteiger charge is 2.20. The second kappa shape index (κ2) is 7.44. The highest BCUT2D eigenvalue weighted by atomic mass is 32.2. The quantitative estimate of drug-likeness (QED) is 0.477. The van der Waals surface area contributed by atoms with Gasteiger partial charge in [0.25, 0.3) is 0 Å². The molecule has 0 spiro atoms. The van der Waals surface area contributed by atoms with E-state index < -0.39 is 9.84 Å². The zero-order valence-electron chi connectivity index (χ0n) is 16.7. The summed E-state index contributed by atoms with van der Waals surface area (Å²) in [5, 5.41) is 5.50. The molecule has 5 nitrogen and oxygen atoms in total. The van der Waals surface area contributed by atoms with Crippen LogP contribution in [0.3, 0.4) is 0 Å². The fourth-order valence-corrected chi connectivity index (χ4v) is 4.79. The Balaban J connectivity index is 1.75. The molecule has 0 atom stereocenters. The SMILES string of the molecule is Cc1cc(CS(=O)(=O)c2ccc(C(C)C)cc2)n(-c2cccc3ncccc23)n1. The molecule has 4 aromatic rings. The van der Waals surface area contributed by atoms with E-state index in [4.69, 9.17) is 0 Å². The normalized spacial score (nSPS) is 12.0. The fourth-order valence-electron chi connectivity index (χ4n) is 3.47. The molecule has 4 rings (SSSR count). The predicted molar refractivity (Wildman–Crippen MR) is 115 cm³/mol. The van der Waals surface area contributed by atoms with Crippen molar-refractivity contribution >= 4 is 20.7 Å². The molecule has 0 aliphatic heterocycles. The van der Waals surface area contributed by atoms with Crippen LogP contribution in [-0.2, 0) is 15.6 Å². The molecule has 0 amide bonds. The molecule has 0 bridgehead atoms. The molecule has 0 aliphatic carbocycles. The van der Waals surface area contributed by atoms with Gasteiger partial charge >= 0.3 is 0 Å². The zero-order valence-corrected chi connectivity index (χ0v) is 17.5. The van der Waals surface area contributed by atoms with E-state index in [9.17, 15) is 8.42 Å². The molecule has 2 aromatic carbocycles. The lowest BCUT2D eigenvalue weighted by Gasteiger charge is -2.11. The summed E-state index contributed by atoms with van der Waals surface area (Å²) in [7, 11) is -3.50. The molecule has 0 N–H and O–H groups in total. The van der Waals surface area contributed by atoms with E-state index in [1.807, 2.05) is 55.5 Å². The van der Waals surface area contributed by atoms with Gasteiger partial charge in [0.1, 0.15) is 0 Å². The Kier molecular flexibility index (Phi) is 4.96. The first-order chi connectivity index (χ1) is 13.8. The molecule has 0 radical (unpaired) electrons. The summed E-state index contributed by atoms with van der Waals surface area (Å²) >= 11 is 0. The molecule has 2 aromatic heterocycles. The van der Waals surface area contributed by atoms with Gasteiger partial charge in [0.15, 0.2) is 9.84 Å². The molecule has 0 fully saturated rings. The Morgan fingerprint density at radius 1 is 1.00 bits per heavy atom. The van der Waals surface area contributed by atoms with Gasteiger partial charge in [0.2, 0.25) is 0 Å². The lowest BCUT2D eigenvalue weighted by atomic mass is 10.0. The van der Waals surface area contributed by atoms with Crippen LogP contribution in [0, 0.1) is 6.92 Å². The molecular weight excluding hydrogens is 382 g/mol. The van der Waals surface area contributed by atoms with Gasteiger partial charge in [-0.2, -0.15) is 5.10 Å². The molecule has 0 unspecified atom stereocenters. The topological polar surface area (TPSA) is 64.8 Å². The summed E-state index contributed by atoms with van der Waals surface area (Å²) in [6.07, 6.45) is 1.74. The lowest BCUT2D eigenvalue weighted by Crippen LogP contribution is -2.10. The van der Waals surface area contributed by atoms with Crippen molar-refractivity contribution in [2.45, 2.75) is 37.3 Å². The van der Waals surface area contributed by atoms with Crippen molar-refractivity contribution in [2.75, 3.05) is 0 Å². The third-order valence-corrected chi connectivity index (χ3v) is 6.67. The van der Waals surface area contributed by atoms with E-state index in [1.165, 1.54) is 0 Å². The van der Waals surface area contributed by atoms with Crippen LogP contribution in [0.25, 0.3) is 16.6 Å². The Morgan fingerprint density at radius 3 is 2.48 bits per heavy atom. The van der Waals surface area contributed by atoms with Gasteiger partial charge in [-0.15, -0.1) is 0 Å². The number of aromatic nitrogens is 3. The number of pyridine rings is 1. The van der Waals surface area contributed by atoms with Crippen molar-refractivity contribution in [3.8, 4) is 5.69 Å². The van der Waals surface area contributed by atoms with E-state index in [-0.39, 0.29) is 5.75 Å². The van der Waals surface area contributed by atoms with E-state index in [0.29, 0.717) is 16.5 Å². The Bertz CT molecular complexity index is 1270. The summed E-state index contributed by atoms with van der Waals surface area (Å²) in [6, 6.07) is 18.6. The van der Waals surface area contributed by atoms with Crippen LogP contribution in [0.15, 0.2) is 71.8 Å². The van der Waals surface area contributed by atoms with Crippen molar-refractivity contribution < 1.29 is 8.42 Å². The van der Waals surface area contributed by atoms with Gasteiger partial charge in [-0.25, -0.2) is 13.1 Å². The number of hydrogen-bond donors (Lipinski definition) is 0. The predicted octanol–water partition coefficient (Wildman–Crippen LogP) is 4.83. The highest BCUT2D eigenvalue weighted by molar-refractivity contribution is 7.90. The minimum Gasteiger partial charge on any atom is -0.256 e. The second-order valence-corrected chi connectivity index (χ2v) is 9.51. The maximum absolute atomic E-state index is 13.1. The van der Waals surface area contributed by atoms with E-state index in [2.05, 4.69) is 23.9 Å². The van der Waals surface area contributed by atoms with Crippen molar-refractivity contribution in [2.24, 2.45) is 0 Å². The van der Waals surface area contributed by atoms with Gasteiger partial charge in [0, 0.05) is 11.6 Å². The van der Waals surface area contributed by atoms with Gasteiger partial charge in [-0.05, 0) is 60.9 Å². The number of benzene rings is 2. The van der Waals surface area contributed by atoms with E-state index in [0.717, 1.165) is 27.8 Å². The van der Waals surface area contributed by atoms with E-state index >= 15 is 0 Å². The van der Waals surface area contributed by atoms with Crippen LogP contribution in [0.5, 0.6) is 0 Å². The van der Waals surface area contributed by atoms with Crippen LogP contribution in [0.2, 0.25) is 0 Å². The summed E-state index contributed by atoms with van der Waals surface area (Å²) in [5.74, 6) is 0.238. The van der Waals surface area contributed by atoms with Gasteiger partial charge in [-0.3, -0.25) is 4.98 Å². The fraction of sp³-hybridized carbons (Fsp3) is 0.217. The molecule has 29 heavy (non-hydrogen) atoms. The third-order valence-electron chi connectivity index (χ3n) is 5.00. The van der Waals surface area contributed by atoms with Crippen LogP contribution >= 0.6 is 0 Å². The Hall–Kier alpha value is -2.99. The maximum Gasteiger partial charge on any atom is 0.184 e. The minimum absolute atomic E-state index is 0.120. The number of fused-ring (bicyclic) bond motifs is 1. The molecule has 0 saturated carbocycles. The highest BCUT2D eigenvalue weighted by Crippen LogP contribution is 2.25. The van der Waals surface area contributed by atoms with Gasteiger partial charge < -0.3 is 0 Å². The number of hydrogen-bond acceptors (Lipinski definition) is 4. The van der Waals surface area contributed by atoms with E-state index in [1.54, 1.807) is 23.0 Å². The second-order valence-electron chi connectivity index (χ2n) is 7.52. The monoisotopic (exact) mass is 405 g/mol. The van der Waals surface area contributed by atoms with Crippen LogP contribution in [0.1, 0.15) is 36.7 Å². The average molecular weight is 406 g/mol. The standard InChI is InChI=1S/C23H23N3O2S/c1-16(2)18-9-11-20(12-10-18)29(27,28)15-19-14-17(3)25-26(19)23-8-4-7-22-21(23)6-5-13-24-22/h4-14,16H,15H2,1-3H3. The first-order valence-corrected chi connectivity index (χ1v) is 11.2. The smallest absolute Gasteiger partial charge is 0.184 e. The summed E-state index contributed by atoms with van der Waals surface area (Å²) in [6.45, 7) is 6.04. The number of sulfone groups is 1. The molecular formula is C23H23N3O2S. The molecule has 0 aliphatic rings. The lowest BCUT2D eigenvalue weighted by molar-refractivity contribution is 0.593. The molecule has 2 heterocycles. The maximum atomic E-state index is 13.1. The molecule has 6 heteroatoms. The first kappa shape index (κ1) is 19.3.